The summed E-state index contributed by atoms with van der Waals surface area (Å²) in [6, 6.07) is 0.797. The molecular formula is C24H20ClF6N7O2S. The number of thiophene rings is 1. The smallest absolute Gasteiger partial charge is 0.365 e. The summed E-state index contributed by atoms with van der Waals surface area (Å²) in [5.74, 6) is -1.98. The van der Waals surface area contributed by atoms with Crippen LogP contribution in [-0.2, 0) is 30.7 Å². The minimum atomic E-state index is -4.82. The zero-order chi connectivity index (χ0) is 30.0. The van der Waals surface area contributed by atoms with E-state index in [1.165, 1.54) is 10.9 Å². The summed E-state index contributed by atoms with van der Waals surface area (Å²) in [6.07, 6.45) is -7.40. The summed E-state index contributed by atoms with van der Waals surface area (Å²) in [6.45, 7) is 1.36. The second-order valence-electron chi connectivity index (χ2n) is 9.51. The van der Waals surface area contributed by atoms with Crippen molar-refractivity contribution in [1.29, 1.82) is 0 Å². The van der Waals surface area contributed by atoms with Crippen LogP contribution in [0.4, 0.5) is 32.0 Å². The average Bonchev–Trinajstić information content (AvgIpc) is 3.43. The van der Waals surface area contributed by atoms with Crippen molar-refractivity contribution in [2.75, 3.05) is 5.32 Å². The molecular weight excluding hydrogens is 600 g/mol. The van der Waals surface area contributed by atoms with E-state index in [2.05, 4.69) is 20.5 Å². The van der Waals surface area contributed by atoms with Gasteiger partial charge in [-0.25, -0.2) is 4.98 Å². The van der Waals surface area contributed by atoms with E-state index in [0.717, 1.165) is 10.7 Å². The number of rotatable bonds is 7. The number of halogens is 7. The molecule has 9 nitrogen and oxygen atoms in total. The van der Waals surface area contributed by atoms with Crippen LogP contribution in [0.25, 0.3) is 21.3 Å². The summed E-state index contributed by atoms with van der Waals surface area (Å²) < 4.78 is 83.8. The lowest BCUT2D eigenvalue weighted by molar-refractivity contribution is -0.142. The number of primary amides is 1. The minimum Gasteiger partial charge on any atom is -0.365 e. The van der Waals surface area contributed by atoms with Gasteiger partial charge in [0.15, 0.2) is 5.69 Å². The lowest BCUT2D eigenvalue weighted by Gasteiger charge is -2.12. The molecule has 41 heavy (non-hydrogen) atoms. The van der Waals surface area contributed by atoms with E-state index in [9.17, 15) is 35.9 Å². The number of amides is 2. The second-order valence-corrected chi connectivity index (χ2v) is 10.9. The number of nitrogens with two attached hydrogens (primary N) is 1. The van der Waals surface area contributed by atoms with Crippen molar-refractivity contribution < 1.29 is 35.9 Å². The number of aromatic nitrogens is 5. The summed E-state index contributed by atoms with van der Waals surface area (Å²) in [5, 5.41) is 9.72. The van der Waals surface area contributed by atoms with Crippen LogP contribution in [0.3, 0.4) is 0 Å². The zero-order valence-corrected chi connectivity index (χ0v) is 22.8. The number of nitrogens with zero attached hydrogens (tertiary/aromatic N) is 5. The number of alkyl halides is 6. The van der Waals surface area contributed by atoms with Crippen molar-refractivity contribution in [3.8, 4) is 11.1 Å². The van der Waals surface area contributed by atoms with Crippen LogP contribution in [0, 0.1) is 6.92 Å². The van der Waals surface area contributed by atoms with Crippen LogP contribution < -0.4 is 11.1 Å². The fourth-order valence-corrected chi connectivity index (χ4v) is 5.88. The van der Waals surface area contributed by atoms with Gasteiger partial charge < -0.3 is 11.1 Å². The molecule has 17 heteroatoms. The lowest BCUT2D eigenvalue weighted by atomic mass is 10.0. The Labute approximate surface area is 236 Å². The van der Waals surface area contributed by atoms with Gasteiger partial charge in [-0.2, -0.15) is 36.5 Å². The van der Waals surface area contributed by atoms with E-state index in [1.54, 1.807) is 14.0 Å². The first-order chi connectivity index (χ1) is 19.1. The first kappa shape index (κ1) is 28.9. The first-order valence-electron chi connectivity index (χ1n) is 12.0. The molecule has 1 saturated carbocycles. The van der Waals surface area contributed by atoms with Gasteiger partial charge in [0.25, 0.3) is 5.91 Å². The van der Waals surface area contributed by atoms with Crippen molar-refractivity contribution in [3.05, 3.63) is 44.9 Å². The van der Waals surface area contributed by atoms with E-state index < -0.39 is 40.6 Å². The molecule has 0 aromatic carbocycles. The quantitative estimate of drug-likeness (QED) is 0.250. The van der Waals surface area contributed by atoms with Crippen molar-refractivity contribution in [1.82, 2.24) is 24.5 Å². The molecule has 0 saturated heterocycles. The molecule has 3 N–H and O–H groups in total. The molecule has 218 valence electrons. The van der Waals surface area contributed by atoms with Crippen LogP contribution in [0.1, 0.15) is 57.6 Å². The maximum absolute atomic E-state index is 13.7. The molecule has 0 spiro atoms. The van der Waals surface area contributed by atoms with Gasteiger partial charge in [0.1, 0.15) is 15.4 Å². The summed E-state index contributed by atoms with van der Waals surface area (Å²) in [5.41, 5.74) is 3.88. The van der Waals surface area contributed by atoms with Gasteiger partial charge in [0.05, 0.1) is 29.1 Å². The fourth-order valence-electron chi connectivity index (χ4n) is 4.47. The van der Waals surface area contributed by atoms with Gasteiger partial charge in [-0.3, -0.25) is 19.0 Å². The SMILES string of the molecule is Cc1c(-c2cc(C(F)(F)F)nc3sc(C(N)=O)c(NC(=O)CCn4nc(C(F)(F)F)c(Cl)c4C4CC4)c23)cnn1C. The number of hydrogen-bond acceptors (Lipinski definition) is 6. The van der Waals surface area contributed by atoms with Crippen molar-refractivity contribution in [2.24, 2.45) is 12.8 Å². The molecule has 4 aromatic rings. The van der Waals surface area contributed by atoms with Crippen LogP contribution in [0.5, 0.6) is 0 Å². The third-order valence-corrected chi connectivity index (χ3v) is 8.15. The number of hydrogen-bond donors (Lipinski definition) is 2. The normalized spacial score (nSPS) is 14.2. The summed E-state index contributed by atoms with van der Waals surface area (Å²) >= 11 is 6.56. The molecule has 1 aliphatic rings. The number of carbonyl (C=O) groups excluding carboxylic acids is 2. The van der Waals surface area contributed by atoms with Gasteiger partial charge in [-0.05, 0) is 31.4 Å². The highest BCUT2D eigenvalue weighted by Crippen LogP contribution is 2.47. The van der Waals surface area contributed by atoms with E-state index in [4.69, 9.17) is 17.3 Å². The zero-order valence-electron chi connectivity index (χ0n) is 21.2. The molecule has 0 radical (unpaired) electrons. The van der Waals surface area contributed by atoms with Gasteiger partial charge >= 0.3 is 12.4 Å². The molecule has 0 bridgehead atoms. The fraction of sp³-hybridized carbons (Fsp3) is 0.375. The molecule has 0 aliphatic heterocycles. The van der Waals surface area contributed by atoms with Crippen LogP contribution in [0.15, 0.2) is 12.3 Å². The second kappa shape index (κ2) is 10.0. The molecule has 4 heterocycles. The van der Waals surface area contributed by atoms with E-state index in [0.29, 0.717) is 35.4 Å². The van der Waals surface area contributed by atoms with E-state index in [1.807, 2.05) is 0 Å². The van der Waals surface area contributed by atoms with Gasteiger partial charge in [-0.15, -0.1) is 11.3 Å². The Morgan fingerprint density at radius 1 is 1.17 bits per heavy atom. The van der Waals surface area contributed by atoms with Gasteiger partial charge in [0, 0.05) is 36.0 Å². The lowest BCUT2D eigenvalue weighted by Crippen LogP contribution is -2.19. The van der Waals surface area contributed by atoms with Crippen LogP contribution in [-0.4, -0.2) is 36.4 Å². The Morgan fingerprint density at radius 3 is 2.39 bits per heavy atom. The van der Waals surface area contributed by atoms with Crippen molar-refractivity contribution >= 4 is 50.7 Å². The van der Waals surface area contributed by atoms with Gasteiger partial charge in [-0.1, -0.05) is 11.6 Å². The van der Waals surface area contributed by atoms with Crippen LogP contribution in [0.2, 0.25) is 5.02 Å². The third-order valence-electron chi connectivity index (χ3n) is 6.68. The Bertz CT molecular complexity index is 1700. The Morgan fingerprint density at radius 2 is 1.85 bits per heavy atom. The molecule has 1 fully saturated rings. The standard InChI is InChI=1S/C24H20ClF6N7O2S/c1-9-12(8-33-37(9)2)11-7-13(23(26,27)28)34-22-15(11)17(19(41-22)21(32)40)35-14(39)5-6-38-18(10-3-4-10)16(25)20(36-38)24(29,30)31/h7-8,10H,3-6H2,1-2H3,(H2,32,40)(H,35,39). The first-order valence-corrected chi connectivity index (χ1v) is 13.2. The molecule has 0 atom stereocenters. The molecule has 5 rings (SSSR count). The molecule has 2 amide bonds. The number of nitrogens with one attached hydrogen (secondary N) is 1. The largest absolute Gasteiger partial charge is 0.436 e. The maximum atomic E-state index is 13.7. The van der Waals surface area contributed by atoms with Gasteiger partial charge in [0.2, 0.25) is 5.91 Å². The summed E-state index contributed by atoms with van der Waals surface area (Å²) in [4.78, 5) is 28.6. The molecule has 0 unspecified atom stereocenters. The molecule has 1 aliphatic carbocycles. The van der Waals surface area contributed by atoms with E-state index in [-0.39, 0.29) is 50.9 Å². The Hall–Kier alpha value is -3.66. The number of fused-ring (bicyclic) bond motifs is 1. The monoisotopic (exact) mass is 619 g/mol. The highest BCUT2D eigenvalue weighted by atomic mass is 35.5. The predicted octanol–water partition coefficient (Wildman–Crippen LogP) is 5.90. The molecule has 4 aromatic heterocycles. The van der Waals surface area contributed by atoms with Crippen LogP contribution >= 0.6 is 22.9 Å². The average molecular weight is 620 g/mol. The van der Waals surface area contributed by atoms with E-state index >= 15 is 0 Å². The maximum Gasteiger partial charge on any atom is 0.436 e. The number of anilines is 1. The van der Waals surface area contributed by atoms with Crippen molar-refractivity contribution in [2.45, 2.75) is 51.0 Å². The third kappa shape index (κ3) is 5.37. The predicted molar refractivity (Wildman–Crippen MR) is 138 cm³/mol. The summed E-state index contributed by atoms with van der Waals surface area (Å²) in [7, 11) is 1.59. The number of pyridine rings is 1. The minimum absolute atomic E-state index is 0.0108. The number of carbonyl (C=O) groups is 2. The number of aryl methyl sites for hydroxylation is 2. The Balaban J connectivity index is 1.54. The highest BCUT2D eigenvalue weighted by Gasteiger charge is 2.42. The Kier molecular flexibility index (Phi) is 7.04. The topological polar surface area (TPSA) is 121 Å². The van der Waals surface area contributed by atoms with Crippen molar-refractivity contribution in [3.63, 3.8) is 0 Å². The highest BCUT2D eigenvalue weighted by molar-refractivity contribution is 7.21.